The third kappa shape index (κ3) is 3.91. The molecule has 3 nitrogen and oxygen atoms in total. The molecule has 2 aromatic rings. The van der Waals surface area contributed by atoms with Gasteiger partial charge in [0, 0.05) is 23.8 Å². The van der Waals surface area contributed by atoms with Crippen LogP contribution in [0, 0.1) is 0 Å². The van der Waals surface area contributed by atoms with Gasteiger partial charge in [0.15, 0.2) is 0 Å². The molecule has 0 fully saturated rings. The van der Waals surface area contributed by atoms with Crippen molar-refractivity contribution in [2.24, 2.45) is 0 Å². The molecule has 0 amide bonds. The van der Waals surface area contributed by atoms with Crippen molar-refractivity contribution in [1.29, 1.82) is 0 Å². The van der Waals surface area contributed by atoms with Gasteiger partial charge in [-0.25, -0.2) is 4.98 Å². The lowest BCUT2D eigenvalue weighted by molar-refractivity contribution is 0.282. The number of hydrogen-bond donors (Lipinski definition) is 1. The molecule has 0 unspecified atom stereocenters. The van der Waals surface area contributed by atoms with Gasteiger partial charge < -0.3 is 9.67 Å². The highest BCUT2D eigenvalue weighted by atomic mass is 32.2. The minimum Gasteiger partial charge on any atom is -0.392 e. The first-order chi connectivity index (χ1) is 8.38. The number of nitrogens with zero attached hydrogens (tertiary/aromatic N) is 2. The Balaban J connectivity index is 1.70. The van der Waals surface area contributed by atoms with E-state index in [-0.39, 0.29) is 6.61 Å². The summed E-state index contributed by atoms with van der Waals surface area (Å²) in [5.74, 6) is 1.09. The summed E-state index contributed by atoms with van der Waals surface area (Å²) in [6, 6.07) is 8.07. The Morgan fingerprint density at radius 1 is 1.24 bits per heavy atom. The van der Waals surface area contributed by atoms with Crippen LogP contribution in [-0.2, 0) is 13.2 Å². The van der Waals surface area contributed by atoms with Gasteiger partial charge >= 0.3 is 0 Å². The van der Waals surface area contributed by atoms with Crippen LogP contribution in [0.5, 0.6) is 0 Å². The van der Waals surface area contributed by atoms with Crippen molar-refractivity contribution in [3.05, 3.63) is 48.5 Å². The van der Waals surface area contributed by atoms with Gasteiger partial charge in [0.25, 0.3) is 0 Å². The molecule has 0 radical (unpaired) electrons. The number of benzene rings is 1. The van der Waals surface area contributed by atoms with Crippen molar-refractivity contribution < 1.29 is 5.11 Å². The summed E-state index contributed by atoms with van der Waals surface area (Å²) in [5.41, 5.74) is 0.966. The van der Waals surface area contributed by atoms with Gasteiger partial charge in [0.05, 0.1) is 12.9 Å². The van der Waals surface area contributed by atoms with Crippen molar-refractivity contribution in [2.75, 3.05) is 5.75 Å². The van der Waals surface area contributed by atoms with Gasteiger partial charge in [-0.2, -0.15) is 0 Å². The maximum Gasteiger partial charge on any atom is 0.0945 e. The van der Waals surface area contributed by atoms with Crippen molar-refractivity contribution in [3.63, 3.8) is 0 Å². The zero-order valence-corrected chi connectivity index (χ0v) is 10.4. The molecule has 1 aromatic carbocycles. The van der Waals surface area contributed by atoms with E-state index in [0.717, 1.165) is 24.3 Å². The summed E-state index contributed by atoms with van der Waals surface area (Å²) < 4.78 is 2.09. The number of thioether (sulfide) groups is 1. The van der Waals surface area contributed by atoms with Crippen LogP contribution in [0.4, 0.5) is 0 Å². The van der Waals surface area contributed by atoms with Gasteiger partial charge in [-0.05, 0) is 29.9 Å². The third-order valence-electron chi connectivity index (χ3n) is 2.49. The number of aliphatic hydroxyl groups is 1. The van der Waals surface area contributed by atoms with E-state index < -0.39 is 0 Å². The summed E-state index contributed by atoms with van der Waals surface area (Å²) in [7, 11) is 0. The zero-order valence-electron chi connectivity index (χ0n) is 9.62. The molecule has 0 saturated carbocycles. The Kier molecular flexibility index (Phi) is 4.64. The predicted molar refractivity (Wildman–Crippen MR) is 69.9 cm³/mol. The molecule has 0 bridgehead atoms. The Bertz CT molecular complexity index is 425. The topological polar surface area (TPSA) is 38.0 Å². The molecule has 0 aliphatic rings. The Hall–Kier alpha value is -1.26. The van der Waals surface area contributed by atoms with Gasteiger partial charge in [-0.15, -0.1) is 11.8 Å². The molecule has 0 spiro atoms. The zero-order chi connectivity index (χ0) is 11.9. The van der Waals surface area contributed by atoms with E-state index in [9.17, 15) is 0 Å². The number of aromatic nitrogens is 2. The highest BCUT2D eigenvalue weighted by molar-refractivity contribution is 7.99. The molecular weight excluding hydrogens is 232 g/mol. The fourth-order valence-corrected chi connectivity index (χ4v) is 2.38. The predicted octanol–water partition coefficient (Wildman–Crippen LogP) is 2.56. The Morgan fingerprint density at radius 2 is 2.06 bits per heavy atom. The first-order valence-corrected chi connectivity index (χ1v) is 6.65. The SMILES string of the molecule is OCc1ccc(SCCCn2ccnc2)cc1. The van der Waals surface area contributed by atoms with Crippen LogP contribution in [0.2, 0.25) is 0 Å². The summed E-state index contributed by atoms with van der Waals surface area (Å²) >= 11 is 1.85. The van der Waals surface area contributed by atoms with E-state index in [0.29, 0.717) is 0 Å². The largest absolute Gasteiger partial charge is 0.392 e. The van der Waals surface area contributed by atoms with Crippen molar-refractivity contribution in [2.45, 2.75) is 24.5 Å². The highest BCUT2D eigenvalue weighted by Gasteiger charge is 1.96. The molecule has 90 valence electrons. The summed E-state index contributed by atoms with van der Waals surface area (Å²) in [6.07, 6.45) is 6.77. The molecule has 1 heterocycles. The molecule has 0 aliphatic heterocycles. The fourth-order valence-electron chi connectivity index (χ4n) is 1.55. The van der Waals surface area contributed by atoms with Gasteiger partial charge in [-0.3, -0.25) is 0 Å². The standard InChI is InChI=1S/C13H16N2OS/c16-10-12-2-4-13(5-3-12)17-9-1-7-15-8-6-14-11-15/h2-6,8,11,16H,1,7,9-10H2. The fraction of sp³-hybridized carbons (Fsp3) is 0.308. The van der Waals surface area contributed by atoms with E-state index in [1.165, 1.54) is 4.90 Å². The van der Waals surface area contributed by atoms with E-state index >= 15 is 0 Å². The first kappa shape index (κ1) is 12.2. The van der Waals surface area contributed by atoms with Gasteiger partial charge in [0.1, 0.15) is 0 Å². The first-order valence-electron chi connectivity index (χ1n) is 5.67. The highest BCUT2D eigenvalue weighted by Crippen LogP contribution is 2.19. The number of aliphatic hydroxyl groups excluding tert-OH is 1. The molecule has 2 rings (SSSR count). The van der Waals surface area contributed by atoms with Crippen LogP contribution in [-0.4, -0.2) is 20.4 Å². The number of rotatable bonds is 6. The Morgan fingerprint density at radius 3 is 2.71 bits per heavy atom. The minimum absolute atomic E-state index is 0.117. The van der Waals surface area contributed by atoms with Crippen molar-refractivity contribution >= 4 is 11.8 Å². The second-order valence-electron chi connectivity index (χ2n) is 3.80. The van der Waals surface area contributed by atoms with Crippen LogP contribution < -0.4 is 0 Å². The number of aryl methyl sites for hydroxylation is 1. The molecule has 4 heteroatoms. The van der Waals surface area contributed by atoms with Crippen LogP contribution in [0.1, 0.15) is 12.0 Å². The summed E-state index contributed by atoms with van der Waals surface area (Å²) in [5, 5.41) is 8.93. The maximum absolute atomic E-state index is 8.93. The van der Waals surface area contributed by atoms with Crippen LogP contribution in [0.25, 0.3) is 0 Å². The average Bonchev–Trinajstić information content (AvgIpc) is 2.88. The molecule has 0 saturated heterocycles. The molecule has 0 atom stereocenters. The van der Waals surface area contributed by atoms with E-state index in [1.807, 2.05) is 36.4 Å². The van der Waals surface area contributed by atoms with Crippen molar-refractivity contribution in [3.8, 4) is 0 Å². The normalized spacial score (nSPS) is 10.6. The quantitative estimate of drug-likeness (QED) is 0.630. The van der Waals surface area contributed by atoms with Gasteiger partial charge in [0.2, 0.25) is 0 Å². The summed E-state index contributed by atoms with van der Waals surface area (Å²) in [6.45, 7) is 1.13. The van der Waals surface area contributed by atoms with Crippen molar-refractivity contribution in [1.82, 2.24) is 9.55 Å². The average molecular weight is 248 g/mol. The van der Waals surface area contributed by atoms with E-state index in [1.54, 1.807) is 6.20 Å². The van der Waals surface area contributed by atoms with Crippen LogP contribution >= 0.6 is 11.8 Å². The second kappa shape index (κ2) is 6.47. The Labute approximate surface area is 106 Å². The number of hydrogen-bond acceptors (Lipinski definition) is 3. The van der Waals surface area contributed by atoms with E-state index in [2.05, 4.69) is 21.7 Å². The molecular formula is C13H16N2OS. The summed E-state index contributed by atoms with van der Waals surface area (Å²) in [4.78, 5) is 5.27. The molecule has 1 N–H and O–H groups in total. The lowest BCUT2D eigenvalue weighted by atomic mass is 10.2. The lowest BCUT2D eigenvalue weighted by Crippen LogP contribution is -1.95. The molecule has 0 aliphatic carbocycles. The minimum atomic E-state index is 0.117. The molecule has 1 aromatic heterocycles. The maximum atomic E-state index is 8.93. The third-order valence-corrected chi connectivity index (χ3v) is 3.59. The number of imidazole rings is 1. The monoisotopic (exact) mass is 248 g/mol. The van der Waals surface area contributed by atoms with Gasteiger partial charge in [-0.1, -0.05) is 12.1 Å². The lowest BCUT2D eigenvalue weighted by Gasteiger charge is -2.03. The second-order valence-corrected chi connectivity index (χ2v) is 4.97. The van der Waals surface area contributed by atoms with Crippen LogP contribution in [0.3, 0.4) is 0 Å². The van der Waals surface area contributed by atoms with E-state index in [4.69, 9.17) is 5.11 Å². The molecule has 17 heavy (non-hydrogen) atoms. The van der Waals surface area contributed by atoms with Crippen LogP contribution in [0.15, 0.2) is 47.9 Å². The smallest absolute Gasteiger partial charge is 0.0945 e.